The van der Waals surface area contributed by atoms with E-state index in [0.29, 0.717) is 0 Å². The summed E-state index contributed by atoms with van der Waals surface area (Å²) in [5.41, 5.74) is 2.16. The third-order valence-electron chi connectivity index (χ3n) is 3.44. The van der Waals surface area contributed by atoms with Crippen LogP contribution in [-0.4, -0.2) is 16.3 Å². The van der Waals surface area contributed by atoms with E-state index in [2.05, 4.69) is 24.3 Å². The van der Waals surface area contributed by atoms with Crippen molar-refractivity contribution in [1.82, 2.24) is 15.1 Å². The van der Waals surface area contributed by atoms with Crippen molar-refractivity contribution in [2.75, 3.05) is 6.54 Å². The van der Waals surface area contributed by atoms with Crippen LogP contribution < -0.4 is 5.32 Å². The molecule has 1 aromatic carbocycles. The van der Waals surface area contributed by atoms with Crippen molar-refractivity contribution in [2.24, 2.45) is 0 Å². The molecule has 0 aliphatic heterocycles. The van der Waals surface area contributed by atoms with Crippen LogP contribution in [0.5, 0.6) is 0 Å². The third-order valence-corrected chi connectivity index (χ3v) is 3.73. The van der Waals surface area contributed by atoms with Crippen LogP contribution in [0.15, 0.2) is 30.6 Å². The maximum atomic E-state index is 13.3. The highest BCUT2D eigenvalue weighted by atomic mass is 35.5. The SMILES string of the molecule is CCCNC(Cc1cnn(CC)c1)c1ccc(F)c(Cl)c1. The Hall–Kier alpha value is -1.39. The van der Waals surface area contributed by atoms with Gasteiger partial charge >= 0.3 is 0 Å². The van der Waals surface area contributed by atoms with Crippen LogP contribution in [0.25, 0.3) is 0 Å². The van der Waals surface area contributed by atoms with Gasteiger partial charge < -0.3 is 5.32 Å². The monoisotopic (exact) mass is 309 g/mol. The number of nitrogens with one attached hydrogen (secondary N) is 1. The summed E-state index contributed by atoms with van der Waals surface area (Å²) in [4.78, 5) is 0. The zero-order valence-corrected chi connectivity index (χ0v) is 13.2. The Morgan fingerprint density at radius 3 is 2.81 bits per heavy atom. The highest BCUT2D eigenvalue weighted by Crippen LogP contribution is 2.23. The van der Waals surface area contributed by atoms with Crippen molar-refractivity contribution >= 4 is 11.6 Å². The normalized spacial score (nSPS) is 12.6. The molecule has 0 amide bonds. The highest BCUT2D eigenvalue weighted by molar-refractivity contribution is 6.30. The number of benzene rings is 1. The van der Waals surface area contributed by atoms with Crippen LogP contribution in [0.3, 0.4) is 0 Å². The first kappa shape index (κ1) is 16.0. The van der Waals surface area contributed by atoms with E-state index in [-0.39, 0.29) is 16.9 Å². The van der Waals surface area contributed by atoms with Gasteiger partial charge in [-0.3, -0.25) is 4.68 Å². The molecule has 2 rings (SSSR count). The van der Waals surface area contributed by atoms with E-state index < -0.39 is 0 Å². The van der Waals surface area contributed by atoms with Gasteiger partial charge in [-0.15, -0.1) is 0 Å². The first-order valence-corrected chi connectivity index (χ1v) is 7.71. The average Bonchev–Trinajstić information content (AvgIpc) is 2.94. The molecule has 0 saturated heterocycles. The van der Waals surface area contributed by atoms with Crippen LogP contribution in [0.2, 0.25) is 5.02 Å². The number of rotatable bonds is 7. The van der Waals surface area contributed by atoms with Crippen molar-refractivity contribution in [3.05, 3.63) is 52.6 Å². The fourth-order valence-electron chi connectivity index (χ4n) is 2.28. The van der Waals surface area contributed by atoms with Gasteiger partial charge in [-0.25, -0.2) is 4.39 Å². The van der Waals surface area contributed by atoms with Gasteiger partial charge in [0.25, 0.3) is 0 Å². The van der Waals surface area contributed by atoms with Crippen LogP contribution >= 0.6 is 11.6 Å². The van der Waals surface area contributed by atoms with Gasteiger partial charge in [0.05, 0.1) is 11.2 Å². The second-order valence-corrected chi connectivity index (χ2v) is 5.50. The summed E-state index contributed by atoms with van der Waals surface area (Å²) in [6.07, 6.45) is 5.78. The molecule has 0 fully saturated rings. The molecule has 0 bridgehead atoms. The molecule has 1 heterocycles. The highest BCUT2D eigenvalue weighted by Gasteiger charge is 2.14. The lowest BCUT2D eigenvalue weighted by molar-refractivity contribution is 0.527. The molecule has 2 aromatic rings. The van der Waals surface area contributed by atoms with Gasteiger partial charge in [-0.2, -0.15) is 5.10 Å². The summed E-state index contributed by atoms with van der Waals surface area (Å²) >= 11 is 5.90. The predicted molar refractivity (Wildman–Crippen MR) is 84.0 cm³/mol. The quantitative estimate of drug-likeness (QED) is 0.838. The zero-order valence-electron chi connectivity index (χ0n) is 12.4. The minimum absolute atomic E-state index is 0.109. The van der Waals surface area contributed by atoms with Gasteiger partial charge in [-0.1, -0.05) is 24.6 Å². The van der Waals surface area contributed by atoms with Crippen molar-refractivity contribution in [3.63, 3.8) is 0 Å². The van der Waals surface area contributed by atoms with Gasteiger partial charge in [0.15, 0.2) is 0 Å². The van der Waals surface area contributed by atoms with E-state index in [1.165, 1.54) is 6.07 Å². The molecule has 0 aliphatic rings. The summed E-state index contributed by atoms with van der Waals surface area (Å²) in [6.45, 7) is 5.94. The Morgan fingerprint density at radius 2 is 2.19 bits per heavy atom. The average molecular weight is 310 g/mol. The first-order valence-electron chi connectivity index (χ1n) is 7.33. The smallest absolute Gasteiger partial charge is 0.141 e. The Kier molecular flexibility index (Phi) is 5.76. The number of aromatic nitrogens is 2. The number of halogens is 2. The van der Waals surface area contributed by atoms with Gasteiger partial charge in [-0.05, 0) is 49.6 Å². The van der Waals surface area contributed by atoms with E-state index in [9.17, 15) is 4.39 Å². The van der Waals surface area contributed by atoms with Crippen molar-refractivity contribution in [3.8, 4) is 0 Å². The summed E-state index contributed by atoms with van der Waals surface area (Å²) in [6, 6.07) is 5.03. The molecule has 21 heavy (non-hydrogen) atoms. The molecule has 1 unspecified atom stereocenters. The number of aryl methyl sites for hydroxylation is 1. The van der Waals surface area contributed by atoms with Crippen LogP contribution in [0.4, 0.5) is 4.39 Å². The van der Waals surface area contributed by atoms with Crippen molar-refractivity contribution < 1.29 is 4.39 Å². The molecule has 0 radical (unpaired) electrons. The largest absolute Gasteiger partial charge is 0.310 e. The maximum absolute atomic E-state index is 13.3. The van der Waals surface area contributed by atoms with Crippen LogP contribution in [0.1, 0.15) is 37.4 Å². The molecule has 0 spiro atoms. The lowest BCUT2D eigenvalue weighted by atomic mass is 10.0. The number of nitrogens with zero attached hydrogens (tertiary/aromatic N) is 2. The van der Waals surface area contributed by atoms with Gasteiger partial charge in [0.1, 0.15) is 5.82 Å². The molecular formula is C16H21ClFN3. The van der Waals surface area contributed by atoms with Gasteiger partial charge in [0.2, 0.25) is 0 Å². The van der Waals surface area contributed by atoms with Gasteiger partial charge in [0, 0.05) is 18.8 Å². The summed E-state index contributed by atoms with van der Waals surface area (Å²) in [5, 5.41) is 7.95. The molecule has 114 valence electrons. The first-order chi connectivity index (χ1) is 10.1. The second-order valence-electron chi connectivity index (χ2n) is 5.09. The minimum atomic E-state index is -0.381. The molecule has 1 aromatic heterocycles. The topological polar surface area (TPSA) is 29.9 Å². The van der Waals surface area contributed by atoms with E-state index >= 15 is 0 Å². The zero-order chi connectivity index (χ0) is 15.2. The molecule has 3 nitrogen and oxygen atoms in total. The maximum Gasteiger partial charge on any atom is 0.141 e. The van der Waals surface area contributed by atoms with E-state index in [1.807, 2.05) is 17.1 Å². The Bertz CT molecular complexity index is 583. The predicted octanol–water partition coefficient (Wildman–Crippen LogP) is 3.98. The Morgan fingerprint density at radius 1 is 1.38 bits per heavy atom. The number of hydrogen-bond donors (Lipinski definition) is 1. The lowest BCUT2D eigenvalue weighted by Gasteiger charge is -2.18. The van der Waals surface area contributed by atoms with E-state index in [4.69, 9.17) is 11.6 Å². The van der Waals surface area contributed by atoms with E-state index in [1.54, 1.807) is 12.1 Å². The molecule has 0 aliphatic carbocycles. The molecule has 1 N–H and O–H groups in total. The summed E-state index contributed by atoms with van der Waals surface area (Å²) < 4.78 is 15.2. The Labute approximate surface area is 130 Å². The fraction of sp³-hybridized carbons (Fsp3) is 0.438. The molecule has 5 heteroatoms. The van der Waals surface area contributed by atoms with Crippen LogP contribution in [0, 0.1) is 5.82 Å². The molecule has 1 atom stereocenters. The lowest BCUT2D eigenvalue weighted by Crippen LogP contribution is -2.24. The second kappa shape index (κ2) is 7.57. The minimum Gasteiger partial charge on any atom is -0.310 e. The van der Waals surface area contributed by atoms with Crippen LogP contribution in [-0.2, 0) is 13.0 Å². The molecule has 0 saturated carbocycles. The van der Waals surface area contributed by atoms with E-state index in [0.717, 1.165) is 37.1 Å². The standard InChI is InChI=1S/C16H21ClFN3/c1-3-7-19-16(8-12-10-20-21(4-2)11-12)13-5-6-15(18)14(17)9-13/h5-6,9-11,16,19H,3-4,7-8H2,1-2H3. The fourth-order valence-corrected chi connectivity index (χ4v) is 2.46. The Balaban J connectivity index is 2.18. The summed E-state index contributed by atoms with van der Waals surface area (Å²) in [7, 11) is 0. The summed E-state index contributed by atoms with van der Waals surface area (Å²) in [5.74, 6) is -0.381. The molecular weight excluding hydrogens is 289 g/mol. The van der Waals surface area contributed by atoms with Crippen molar-refractivity contribution in [1.29, 1.82) is 0 Å². The van der Waals surface area contributed by atoms with Crippen molar-refractivity contribution in [2.45, 2.75) is 39.3 Å². The third kappa shape index (κ3) is 4.29. The number of hydrogen-bond acceptors (Lipinski definition) is 2.